The number of rotatable bonds is 4. The number of hydrogen-bond acceptors (Lipinski definition) is 3. The largest absolute Gasteiger partial charge is 0.363 e. The number of nitrogens with zero attached hydrogens (tertiary/aromatic N) is 2. The van der Waals surface area contributed by atoms with Crippen molar-refractivity contribution in [3.05, 3.63) is 58.1 Å². The van der Waals surface area contributed by atoms with Crippen LogP contribution in [0.15, 0.2) is 36.4 Å². The number of likely N-dealkylation sites (N-methyl/N-ethyl adjacent to an activating group) is 1. The average molecular weight is 328 g/mol. The second-order valence-corrected chi connectivity index (χ2v) is 5.83. The second kappa shape index (κ2) is 7.17. The summed E-state index contributed by atoms with van der Waals surface area (Å²) in [5.41, 5.74) is 3.85. The molecule has 5 heteroatoms. The fraction of sp³-hybridized carbons (Fsp3) is 0.222. The Morgan fingerprint density at radius 1 is 1.22 bits per heavy atom. The highest BCUT2D eigenvalue weighted by molar-refractivity contribution is 6.33. The third kappa shape index (κ3) is 3.82. The van der Waals surface area contributed by atoms with Crippen LogP contribution in [-0.2, 0) is 4.79 Å². The third-order valence-electron chi connectivity index (χ3n) is 3.62. The van der Waals surface area contributed by atoms with Gasteiger partial charge >= 0.3 is 0 Å². The Morgan fingerprint density at radius 3 is 2.43 bits per heavy atom. The molecule has 0 aliphatic heterocycles. The van der Waals surface area contributed by atoms with E-state index in [0.29, 0.717) is 16.3 Å². The zero-order valence-electron chi connectivity index (χ0n) is 13.4. The van der Waals surface area contributed by atoms with E-state index in [4.69, 9.17) is 11.6 Å². The minimum absolute atomic E-state index is 0.103. The first kappa shape index (κ1) is 16.9. The molecule has 1 N–H and O–H groups in total. The molecule has 2 aromatic rings. The lowest BCUT2D eigenvalue weighted by atomic mass is 10.1. The molecular weight excluding hydrogens is 310 g/mol. The lowest BCUT2D eigenvalue weighted by Crippen LogP contribution is -2.31. The van der Waals surface area contributed by atoms with Crippen LogP contribution in [0.3, 0.4) is 0 Å². The van der Waals surface area contributed by atoms with Crippen molar-refractivity contribution in [3.8, 4) is 6.07 Å². The summed E-state index contributed by atoms with van der Waals surface area (Å²) in [5.74, 6) is -0.159. The lowest BCUT2D eigenvalue weighted by molar-refractivity contribution is -0.114. The maximum atomic E-state index is 12.3. The number of anilines is 2. The van der Waals surface area contributed by atoms with Gasteiger partial charge in [0, 0.05) is 12.7 Å². The van der Waals surface area contributed by atoms with Crippen LogP contribution >= 0.6 is 11.6 Å². The topological polar surface area (TPSA) is 56.1 Å². The van der Waals surface area contributed by atoms with Crippen LogP contribution in [0.25, 0.3) is 0 Å². The van der Waals surface area contributed by atoms with Crippen molar-refractivity contribution in [2.24, 2.45) is 0 Å². The van der Waals surface area contributed by atoms with Gasteiger partial charge in [-0.25, -0.2) is 0 Å². The lowest BCUT2D eigenvalue weighted by Gasteiger charge is -2.21. The van der Waals surface area contributed by atoms with Crippen molar-refractivity contribution in [1.82, 2.24) is 0 Å². The molecule has 0 bridgehead atoms. The molecular formula is C18H18ClN3O. The van der Waals surface area contributed by atoms with E-state index in [-0.39, 0.29) is 12.5 Å². The molecule has 0 fully saturated rings. The number of halogens is 1. The molecule has 0 spiro atoms. The van der Waals surface area contributed by atoms with Crippen LogP contribution in [0.2, 0.25) is 5.02 Å². The van der Waals surface area contributed by atoms with Gasteiger partial charge in [-0.1, -0.05) is 35.9 Å². The number of nitriles is 1. The summed E-state index contributed by atoms with van der Waals surface area (Å²) >= 11 is 6.17. The van der Waals surface area contributed by atoms with Gasteiger partial charge in [0.15, 0.2) is 0 Å². The van der Waals surface area contributed by atoms with Gasteiger partial charge in [-0.3, -0.25) is 4.79 Å². The molecule has 0 unspecified atom stereocenters. The van der Waals surface area contributed by atoms with E-state index < -0.39 is 0 Å². The summed E-state index contributed by atoms with van der Waals surface area (Å²) in [6.45, 7) is 4.01. The van der Waals surface area contributed by atoms with Gasteiger partial charge in [0.25, 0.3) is 0 Å². The summed E-state index contributed by atoms with van der Waals surface area (Å²) in [6.07, 6.45) is 0. The van der Waals surface area contributed by atoms with Crippen LogP contribution < -0.4 is 10.2 Å². The monoisotopic (exact) mass is 327 g/mol. The van der Waals surface area contributed by atoms with Gasteiger partial charge in [-0.15, -0.1) is 0 Å². The molecule has 0 heterocycles. The number of carbonyl (C=O) groups is 1. The van der Waals surface area contributed by atoms with Crippen LogP contribution in [0.5, 0.6) is 0 Å². The molecule has 2 aromatic carbocycles. The Hall–Kier alpha value is -2.51. The first-order valence-electron chi connectivity index (χ1n) is 7.20. The number of nitrogens with one attached hydrogen (secondary N) is 1. The van der Waals surface area contributed by atoms with Crippen molar-refractivity contribution in [3.63, 3.8) is 0 Å². The minimum atomic E-state index is -0.159. The Kier molecular flexibility index (Phi) is 5.25. The fourth-order valence-corrected chi connectivity index (χ4v) is 2.80. The smallest absolute Gasteiger partial charge is 0.243 e. The van der Waals surface area contributed by atoms with E-state index in [9.17, 15) is 10.1 Å². The standard InChI is InChI=1S/C18H18ClN3O/c1-12-6-4-7-13(2)17(12)21-16(23)11-22(3)18-14(10-20)8-5-9-15(18)19/h4-9H,11H2,1-3H3,(H,21,23). The Bertz CT molecular complexity index is 760. The van der Waals surface area contributed by atoms with Gasteiger partial charge in [0.05, 0.1) is 22.8 Å². The average Bonchev–Trinajstić information content (AvgIpc) is 2.50. The molecule has 1 amide bonds. The van der Waals surface area contributed by atoms with Crippen LogP contribution in [0, 0.1) is 25.2 Å². The number of benzene rings is 2. The molecule has 0 aliphatic rings. The molecule has 0 aliphatic carbocycles. The molecule has 0 saturated carbocycles. The van der Waals surface area contributed by atoms with E-state index >= 15 is 0 Å². The Labute approximate surface area is 141 Å². The molecule has 118 valence electrons. The summed E-state index contributed by atoms with van der Waals surface area (Å²) in [4.78, 5) is 14.0. The first-order chi connectivity index (χ1) is 10.9. The molecule has 0 saturated heterocycles. The summed E-state index contributed by atoms with van der Waals surface area (Å²) in [7, 11) is 1.74. The van der Waals surface area contributed by atoms with Crippen molar-refractivity contribution < 1.29 is 4.79 Å². The van der Waals surface area contributed by atoms with Crippen molar-refractivity contribution >= 4 is 28.9 Å². The highest BCUT2D eigenvalue weighted by Gasteiger charge is 2.15. The zero-order valence-corrected chi connectivity index (χ0v) is 14.1. The van der Waals surface area contributed by atoms with Gasteiger partial charge in [0.2, 0.25) is 5.91 Å². The second-order valence-electron chi connectivity index (χ2n) is 5.42. The summed E-state index contributed by atoms with van der Waals surface area (Å²) in [5, 5.41) is 12.6. The first-order valence-corrected chi connectivity index (χ1v) is 7.57. The summed E-state index contributed by atoms with van der Waals surface area (Å²) in [6, 6.07) is 13.1. The molecule has 0 atom stereocenters. The Morgan fingerprint density at radius 2 is 1.83 bits per heavy atom. The molecule has 2 rings (SSSR count). The molecule has 4 nitrogen and oxygen atoms in total. The highest BCUT2D eigenvalue weighted by atomic mass is 35.5. The molecule has 23 heavy (non-hydrogen) atoms. The number of carbonyl (C=O) groups excluding carboxylic acids is 1. The van der Waals surface area contributed by atoms with E-state index in [1.165, 1.54) is 0 Å². The van der Waals surface area contributed by atoms with Gasteiger partial charge in [-0.05, 0) is 37.1 Å². The van der Waals surface area contributed by atoms with Crippen LogP contribution in [-0.4, -0.2) is 19.5 Å². The number of aryl methyl sites for hydroxylation is 2. The zero-order chi connectivity index (χ0) is 17.0. The predicted molar refractivity (Wildman–Crippen MR) is 94.0 cm³/mol. The van der Waals surface area contributed by atoms with Crippen molar-refractivity contribution in [2.75, 3.05) is 23.8 Å². The fourth-order valence-electron chi connectivity index (χ4n) is 2.48. The predicted octanol–water partition coefficient (Wildman–Crippen LogP) is 3.90. The van der Waals surface area contributed by atoms with Gasteiger partial charge in [-0.2, -0.15) is 5.26 Å². The maximum Gasteiger partial charge on any atom is 0.243 e. The normalized spacial score (nSPS) is 10.0. The highest BCUT2D eigenvalue weighted by Crippen LogP contribution is 2.28. The van der Waals surface area contributed by atoms with Crippen molar-refractivity contribution in [1.29, 1.82) is 5.26 Å². The molecule has 0 radical (unpaired) electrons. The van der Waals surface area contributed by atoms with Crippen LogP contribution in [0.4, 0.5) is 11.4 Å². The number of hydrogen-bond donors (Lipinski definition) is 1. The number of para-hydroxylation sites is 2. The number of amides is 1. The van der Waals surface area contributed by atoms with E-state index in [1.54, 1.807) is 30.1 Å². The van der Waals surface area contributed by atoms with E-state index in [2.05, 4.69) is 11.4 Å². The quantitative estimate of drug-likeness (QED) is 0.926. The van der Waals surface area contributed by atoms with E-state index in [0.717, 1.165) is 16.8 Å². The van der Waals surface area contributed by atoms with Crippen LogP contribution in [0.1, 0.15) is 16.7 Å². The SMILES string of the molecule is Cc1cccc(C)c1NC(=O)CN(C)c1c(Cl)cccc1C#N. The maximum absolute atomic E-state index is 12.3. The minimum Gasteiger partial charge on any atom is -0.363 e. The molecule has 0 aromatic heterocycles. The van der Waals surface area contributed by atoms with Gasteiger partial charge in [0.1, 0.15) is 6.07 Å². The third-order valence-corrected chi connectivity index (χ3v) is 3.92. The van der Waals surface area contributed by atoms with Crippen molar-refractivity contribution in [2.45, 2.75) is 13.8 Å². The van der Waals surface area contributed by atoms with Gasteiger partial charge < -0.3 is 10.2 Å². The summed E-state index contributed by atoms with van der Waals surface area (Å²) < 4.78 is 0. The van der Waals surface area contributed by atoms with E-state index in [1.807, 2.05) is 32.0 Å². The Balaban J connectivity index is 2.17.